The number of carbonyl (C=O) groups is 1. The van der Waals surface area contributed by atoms with E-state index < -0.39 is 18.0 Å². The first-order chi connectivity index (χ1) is 7.52. The molecule has 16 heavy (non-hydrogen) atoms. The lowest BCUT2D eigenvalue weighted by atomic mass is 10.1. The first-order valence-corrected chi connectivity index (χ1v) is 5.03. The average Bonchev–Trinajstić information content (AvgIpc) is 2.27. The third kappa shape index (κ3) is 2.41. The van der Waals surface area contributed by atoms with E-state index in [9.17, 15) is 13.6 Å². The summed E-state index contributed by atoms with van der Waals surface area (Å²) in [6.45, 7) is 0. The number of pyridine rings is 1. The standard InChI is InChI=1S/C9H7Cl2F2NO2/c1-16-9(15)7-5(2-10)14-3-4(11)6(7)8(12)13/h3,8H,2H2,1H3. The zero-order valence-corrected chi connectivity index (χ0v) is 9.65. The topological polar surface area (TPSA) is 39.2 Å². The maximum Gasteiger partial charge on any atom is 0.340 e. The molecule has 0 aliphatic carbocycles. The molecule has 1 aromatic heterocycles. The van der Waals surface area contributed by atoms with E-state index in [4.69, 9.17) is 23.2 Å². The second-order valence-corrected chi connectivity index (χ2v) is 3.44. The van der Waals surface area contributed by atoms with Crippen LogP contribution in [0.25, 0.3) is 0 Å². The molecule has 7 heteroatoms. The molecule has 0 fully saturated rings. The van der Waals surface area contributed by atoms with E-state index in [1.807, 2.05) is 0 Å². The summed E-state index contributed by atoms with van der Waals surface area (Å²) < 4.78 is 29.9. The van der Waals surface area contributed by atoms with Gasteiger partial charge in [0.2, 0.25) is 0 Å². The lowest BCUT2D eigenvalue weighted by Gasteiger charge is -2.11. The first-order valence-electron chi connectivity index (χ1n) is 4.12. The minimum absolute atomic E-state index is 0.0215. The zero-order chi connectivity index (χ0) is 12.3. The van der Waals surface area contributed by atoms with Gasteiger partial charge in [-0.3, -0.25) is 4.98 Å². The Balaban J connectivity index is 3.48. The van der Waals surface area contributed by atoms with Gasteiger partial charge in [-0.05, 0) is 0 Å². The Kier molecular flexibility index (Phi) is 4.44. The van der Waals surface area contributed by atoms with Crippen molar-refractivity contribution in [3.05, 3.63) is 28.0 Å². The predicted octanol–water partition coefficient (Wildman–Crippen LogP) is 3.20. The maximum absolute atomic E-state index is 12.7. The Morgan fingerprint density at radius 3 is 2.69 bits per heavy atom. The van der Waals surface area contributed by atoms with Crippen molar-refractivity contribution < 1.29 is 18.3 Å². The van der Waals surface area contributed by atoms with Crippen LogP contribution in [-0.2, 0) is 10.6 Å². The molecule has 0 saturated carbocycles. The van der Waals surface area contributed by atoms with Crippen LogP contribution in [0.15, 0.2) is 6.20 Å². The smallest absolute Gasteiger partial charge is 0.340 e. The number of hydrogen-bond acceptors (Lipinski definition) is 3. The maximum atomic E-state index is 12.7. The summed E-state index contributed by atoms with van der Waals surface area (Å²) in [5.74, 6) is -1.11. The van der Waals surface area contributed by atoms with Gasteiger partial charge in [0.25, 0.3) is 6.43 Å². The van der Waals surface area contributed by atoms with Gasteiger partial charge in [0.05, 0.1) is 34.8 Å². The molecule has 0 radical (unpaired) electrons. The lowest BCUT2D eigenvalue weighted by Crippen LogP contribution is -2.11. The normalized spacial score (nSPS) is 10.6. The molecule has 0 atom stereocenters. The van der Waals surface area contributed by atoms with Crippen molar-refractivity contribution >= 4 is 29.2 Å². The van der Waals surface area contributed by atoms with Crippen LogP contribution in [-0.4, -0.2) is 18.1 Å². The number of halogens is 4. The molecular formula is C9H7Cl2F2NO2. The summed E-state index contributed by atoms with van der Waals surface area (Å²) in [5, 5.41) is -0.288. The molecule has 0 spiro atoms. The van der Waals surface area contributed by atoms with Gasteiger partial charge in [0.15, 0.2) is 0 Å². The molecule has 0 unspecified atom stereocenters. The second kappa shape index (κ2) is 5.41. The molecule has 0 saturated heterocycles. The second-order valence-electron chi connectivity index (χ2n) is 2.77. The summed E-state index contributed by atoms with van der Waals surface area (Å²) >= 11 is 11.1. The molecule has 0 N–H and O–H groups in total. The third-order valence-corrected chi connectivity index (χ3v) is 2.44. The Hall–Kier alpha value is -0.940. The molecule has 0 aliphatic heterocycles. The van der Waals surface area contributed by atoms with Crippen molar-refractivity contribution in [3.63, 3.8) is 0 Å². The van der Waals surface area contributed by atoms with E-state index in [0.717, 1.165) is 13.3 Å². The number of rotatable bonds is 3. The van der Waals surface area contributed by atoms with Gasteiger partial charge in [0.1, 0.15) is 0 Å². The van der Waals surface area contributed by atoms with Crippen LogP contribution < -0.4 is 0 Å². The number of esters is 1. The average molecular weight is 270 g/mol. The number of nitrogens with zero attached hydrogens (tertiary/aromatic N) is 1. The number of alkyl halides is 3. The van der Waals surface area contributed by atoms with Crippen molar-refractivity contribution in [1.82, 2.24) is 4.98 Å². The highest BCUT2D eigenvalue weighted by atomic mass is 35.5. The fourth-order valence-electron chi connectivity index (χ4n) is 1.19. The van der Waals surface area contributed by atoms with Crippen LogP contribution in [0.5, 0.6) is 0 Å². The highest BCUT2D eigenvalue weighted by Gasteiger charge is 2.26. The van der Waals surface area contributed by atoms with Crippen molar-refractivity contribution in [1.29, 1.82) is 0 Å². The van der Waals surface area contributed by atoms with Crippen LogP contribution in [0.4, 0.5) is 8.78 Å². The number of carbonyl (C=O) groups excluding carboxylic acids is 1. The Bertz CT molecular complexity index is 413. The Morgan fingerprint density at radius 2 is 2.25 bits per heavy atom. The quantitative estimate of drug-likeness (QED) is 0.625. The van der Waals surface area contributed by atoms with Crippen LogP contribution in [0.1, 0.15) is 28.0 Å². The fourth-order valence-corrected chi connectivity index (χ4v) is 1.62. The van der Waals surface area contributed by atoms with Crippen LogP contribution in [0.2, 0.25) is 5.02 Å². The minimum atomic E-state index is -2.90. The van der Waals surface area contributed by atoms with E-state index >= 15 is 0 Å². The molecule has 88 valence electrons. The molecule has 1 aromatic rings. The van der Waals surface area contributed by atoms with E-state index in [-0.39, 0.29) is 22.2 Å². The summed E-state index contributed by atoms with van der Waals surface area (Å²) in [6.07, 6.45) is -1.86. The van der Waals surface area contributed by atoms with E-state index in [2.05, 4.69) is 9.72 Å². The van der Waals surface area contributed by atoms with Gasteiger partial charge in [-0.25, -0.2) is 13.6 Å². The van der Waals surface area contributed by atoms with Gasteiger partial charge in [-0.15, -0.1) is 11.6 Å². The summed E-state index contributed by atoms with van der Waals surface area (Å²) in [5.41, 5.74) is -0.938. The van der Waals surface area contributed by atoms with Crippen molar-refractivity contribution in [2.24, 2.45) is 0 Å². The lowest BCUT2D eigenvalue weighted by molar-refractivity contribution is 0.0587. The van der Waals surface area contributed by atoms with Gasteiger partial charge in [-0.1, -0.05) is 11.6 Å². The minimum Gasteiger partial charge on any atom is -0.465 e. The van der Waals surface area contributed by atoms with Crippen molar-refractivity contribution in [2.75, 3.05) is 7.11 Å². The number of ether oxygens (including phenoxy) is 1. The fraction of sp³-hybridized carbons (Fsp3) is 0.333. The number of aromatic nitrogens is 1. The van der Waals surface area contributed by atoms with E-state index in [0.29, 0.717) is 0 Å². The number of hydrogen-bond donors (Lipinski definition) is 0. The molecule has 0 bridgehead atoms. The number of methoxy groups -OCH3 is 1. The highest BCUT2D eigenvalue weighted by Crippen LogP contribution is 2.32. The Morgan fingerprint density at radius 1 is 1.62 bits per heavy atom. The predicted molar refractivity (Wildman–Crippen MR) is 55.1 cm³/mol. The SMILES string of the molecule is COC(=O)c1c(CCl)ncc(Cl)c1C(F)F. The monoisotopic (exact) mass is 269 g/mol. The Labute approximate surface area is 100 Å². The largest absolute Gasteiger partial charge is 0.465 e. The van der Waals surface area contributed by atoms with Crippen LogP contribution in [0.3, 0.4) is 0 Å². The molecule has 0 aliphatic rings. The van der Waals surface area contributed by atoms with Gasteiger partial charge >= 0.3 is 5.97 Å². The van der Waals surface area contributed by atoms with Crippen molar-refractivity contribution in [3.8, 4) is 0 Å². The zero-order valence-electron chi connectivity index (χ0n) is 8.14. The van der Waals surface area contributed by atoms with Crippen LogP contribution >= 0.6 is 23.2 Å². The van der Waals surface area contributed by atoms with Gasteiger partial charge < -0.3 is 4.74 Å². The molecular weight excluding hydrogens is 263 g/mol. The summed E-state index contributed by atoms with van der Waals surface area (Å²) in [6, 6.07) is 0. The summed E-state index contributed by atoms with van der Waals surface area (Å²) in [4.78, 5) is 15.1. The molecule has 1 rings (SSSR count). The third-order valence-electron chi connectivity index (χ3n) is 1.88. The van der Waals surface area contributed by atoms with Crippen LogP contribution in [0, 0.1) is 0 Å². The van der Waals surface area contributed by atoms with Crippen molar-refractivity contribution in [2.45, 2.75) is 12.3 Å². The molecule has 1 heterocycles. The first kappa shape index (κ1) is 13.1. The molecule has 0 aromatic carbocycles. The molecule has 0 amide bonds. The summed E-state index contributed by atoms with van der Waals surface area (Å²) in [7, 11) is 1.08. The van der Waals surface area contributed by atoms with Gasteiger partial charge in [0, 0.05) is 6.20 Å². The van der Waals surface area contributed by atoms with E-state index in [1.165, 1.54) is 0 Å². The van der Waals surface area contributed by atoms with Gasteiger partial charge in [-0.2, -0.15) is 0 Å². The van der Waals surface area contributed by atoms with E-state index in [1.54, 1.807) is 0 Å². The molecule has 3 nitrogen and oxygen atoms in total. The highest BCUT2D eigenvalue weighted by molar-refractivity contribution is 6.31.